The molecule has 1 unspecified atom stereocenters. The number of anilines is 1. The summed E-state index contributed by atoms with van der Waals surface area (Å²) in [5.41, 5.74) is 1.90. The maximum atomic E-state index is 11.7. The van der Waals surface area contributed by atoms with Gasteiger partial charge in [0, 0.05) is 25.7 Å². The van der Waals surface area contributed by atoms with Gasteiger partial charge in [0.25, 0.3) is 0 Å². The molecule has 1 amide bonds. The van der Waals surface area contributed by atoms with Crippen molar-refractivity contribution in [3.8, 4) is 6.07 Å². The zero-order valence-corrected chi connectivity index (χ0v) is 10.7. The van der Waals surface area contributed by atoms with Gasteiger partial charge in [0.15, 0.2) is 0 Å². The number of rotatable bonds is 4. The van der Waals surface area contributed by atoms with E-state index in [1.165, 1.54) is 0 Å². The van der Waals surface area contributed by atoms with Crippen molar-refractivity contribution in [1.82, 2.24) is 5.32 Å². The summed E-state index contributed by atoms with van der Waals surface area (Å²) in [6, 6.07) is 9.25. The van der Waals surface area contributed by atoms with Gasteiger partial charge in [-0.25, -0.2) is 0 Å². The molecule has 1 aromatic carbocycles. The fraction of sp³-hybridized carbons (Fsp3) is 0.429. The van der Waals surface area contributed by atoms with E-state index >= 15 is 0 Å². The first kappa shape index (κ1) is 12.4. The van der Waals surface area contributed by atoms with Crippen LogP contribution in [0.5, 0.6) is 0 Å². The van der Waals surface area contributed by atoms with Crippen LogP contribution in [0.2, 0.25) is 0 Å². The minimum Gasteiger partial charge on any atom is -0.378 e. The fourth-order valence-corrected chi connectivity index (χ4v) is 1.76. The highest BCUT2D eigenvalue weighted by molar-refractivity contribution is 5.81. The minimum absolute atomic E-state index is 0.00163. The van der Waals surface area contributed by atoms with Gasteiger partial charge in [-0.05, 0) is 30.5 Å². The summed E-state index contributed by atoms with van der Waals surface area (Å²) in [4.78, 5) is 13.6. The van der Waals surface area contributed by atoms with E-state index in [-0.39, 0.29) is 11.8 Å². The number of amides is 1. The summed E-state index contributed by atoms with van der Waals surface area (Å²) in [6.07, 6.45) is 1.90. The monoisotopic (exact) mass is 243 g/mol. The third-order valence-corrected chi connectivity index (χ3v) is 3.11. The van der Waals surface area contributed by atoms with Crippen molar-refractivity contribution in [1.29, 1.82) is 5.26 Å². The second-order valence-electron chi connectivity index (χ2n) is 4.83. The highest BCUT2D eigenvalue weighted by Gasteiger charge is 2.31. The average Bonchev–Trinajstić information content (AvgIpc) is 3.20. The molecule has 4 nitrogen and oxygen atoms in total. The van der Waals surface area contributed by atoms with Crippen LogP contribution in [0.3, 0.4) is 0 Å². The molecule has 0 bridgehead atoms. The van der Waals surface area contributed by atoms with Crippen LogP contribution in [0, 0.1) is 17.2 Å². The maximum Gasteiger partial charge on any atom is 0.224 e. The van der Waals surface area contributed by atoms with E-state index < -0.39 is 6.04 Å². The largest absolute Gasteiger partial charge is 0.378 e. The normalized spacial score (nSPS) is 15.6. The van der Waals surface area contributed by atoms with Crippen molar-refractivity contribution >= 4 is 11.6 Å². The van der Waals surface area contributed by atoms with Gasteiger partial charge in [0.1, 0.15) is 6.04 Å². The third-order valence-electron chi connectivity index (χ3n) is 3.11. The zero-order valence-electron chi connectivity index (χ0n) is 10.7. The highest BCUT2D eigenvalue weighted by Crippen LogP contribution is 2.29. The predicted molar refractivity (Wildman–Crippen MR) is 70.0 cm³/mol. The van der Waals surface area contributed by atoms with Crippen molar-refractivity contribution in [3.05, 3.63) is 29.8 Å². The summed E-state index contributed by atoms with van der Waals surface area (Å²) >= 11 is 0. The van der Waals surface area contributed by atoms with Crippen LogP contribution in [-0.2, 0) is 4.79 Å². The molecule has 0 saturated heterocycles. The second-order valence-corrected chi connectivity index (χ2v) is 4.83. The molecular weight excluding hydrogens is 226 g/mol. The molecule has 0 spiro atoms. The van der Waals surface area contributed by atoms with E-state index in [0.29, 0.717) is 0 Å². The van der Waals surface area contributed by atoms with Gasteiger partial charge in [0.2, 0.25) is 5.91 Å². The number of carbonyl (C=O) groups excluding carboxylic acids is 1. The van der Waals surface area contributed by atoms with Crippen LogP contribution < -0.4 is 10.2 Å². The topological polar surface area (TPSA) is 56.1 Å². The standard InChI is InChI=1S/C14H17N3O/c1-17(2)12-7-5-10(6-8-12)13(9-15)16-14(18)11-3-4-11/h5-8,11,13H,3-4H2,1-2H3,(H,16,18). The average molecular weight is 243 g/mol. The molecule has 1 fully saturated rings. The Balaban J connectivity index is 2.07. The van der Waals surface area contributed by atoms with Crippen molar-refractivity contribution in [2.45, 2.75) is 18.9 Å². The molecule has 18 heavy (non-hydrogen) atoms. The number of carbonyl (C=O) groups is 1. The van der Waals surface area contributed by atoms with Gasteiger partial charge in [-0.2, -0.15) is 5.26 Å². The van der Waals surface area contributed by atoms with E-state index in [1.807, 2.05) is 43.3 Å². The molecule has 1 N–H and O–H groups in total. The predicted octanol–water partition coefficient (Wildman–Crippen LogP) is 1.84. The third kappa shape index (κ3) is 2.80. The van der Waals surface area contributed by atoms with Crippen LogP contribution in [0.4, 0.5) is 5.69 Å². The molecule has 2 rings (SSSR count). The van der Waals surface area contributed by atoms with Gasteiger partial charge < -0.3 is 10.2 Å². The quantitative estimate of drug-likeness (QED) is 0.878. The molecule has 4 heteroatoms. The number of nitrogens with one attached hydrogen (secondary N) is 1. The number of nitriles is 1. The molecule has 1 aliphatic carbocycles. The van der Waals surface area contributed by atoms with Gasteiger partial charge in [-0.1, -0.05) is 12.1 Å². The maximum absolute atomic E-state index is 11.7. The Morgan fingerprint density at radius 3 is 2.44 bits per heavy atom. The number of hydrogen-bond acceptors (Lipinski definition) is 3. The van der Waals surface area contributed by atoms with E-state index in [0.717, 1.165) is 24.1 Å². The molecule has 0 aliphatic heterocycles. The van der Waals surface area contributed by atoms with Crippen molar-refractivity contribution < 1.29 is 4.79 Å². The van der Waals surface area contributed by atoms with Crippen LogP contribution >= 0.6 is 0 Å². The van der Waals surface area contributed by atoms with Crippen molar-refractivity contribution in [2.75, 3.05) is 19.0 Å². The fourth-order valence-electron chi connectivity index (χ4n) is 1.76. The Morgan fingerprint density at radius 2 is 2.00 bits per heavy atom. The van der Waals surface area contributed by atoms with E-state index in [4.69, 9.17) is 5.26 Å². The number of benzene rings is 1. The van der Waals surface area contributed by atoms with Gasteiger partial charge in [-0.3, -0.25) is 4.79 Å². The smallest absolute Gasteiger partial charge is 0.224 e. The number of hydrogen-bond donors (Lipinski definition) is 1. The van der Waals surface area contributed by atoms with Gasteiger partial charge in [-0.15, -0.1) is 0 Å². The molecule has 0 radical (unpaired) electrons. The second kappa shape index (κ2) is 5.09. The summed E-state index contributed by atoms with van der Waals surface area (Å²) in [5.74, 6) is 0.125. The van der Waals surface area contributed by atoms with Crippen LogP contribution in [0.15, 0.2) is 24.3 Å². The van der Waals surface area contributed by atoms with Gasteiger partial charge >= 0.3 is 0 Å². The van der Waals surface area contributed by atoms with E-state index in [9.17, 15) is 4.79 Å². The lowest BCUT2D eigenvalue weighted by atomic mass is 10.1. The summed E-state index contributed by atoms with van der Waals surface area (Å²) < 4.78 is 0. The minimum atomic E-state index is -0.547. The molecule has 0 aromatic heterocycles. The Bertz CT molecular complexity index is 469. The first-order valence-corrected chi connectivity index (χ1v) is 6.09. The molecule has 94 valence electrons. The molecule has 1 aliphatic rings. The Hall–Kier alpha value is -2.02. The Kier molecular flexibility index (Phi) is 3.52. The lowest BCUT2D eigenvalue weighted by Crippen LogP contribution is -2.28. The highest BCUT2D eigenvalue weighted by atomic mass is 16.2. The van der Waals surface area contributed by atoms with Crippen LogP contribution in [0.1, 0.15) is 24.4 Å². The molecule has 1 atom stereocenters. The Labute approximate surface area is 107 Å². The summed E-state index contributed by atoms with van der Waals surface area (Å²) in [5, 5.41) is 11.9. The molecule has 0 heterocycles. The number of nitrogens with zero attached hydrogens (tertiary/aromatic N) is 2. The summed E-state index contributed by atoms with van der Waals surface area (Å²) in [7, 11) is 3.93. The van der Waals surface area contributed by atoms with Crippen molar-refractivity contribution in [3.63, 3.8) is 0 Å². The SMILES string of the molecule is CN(C)c1ccc(C(C#N)NC(=O)C2CC2)cc1. The zero-order chi connectivity index (χ0) is 13.1. The first-order chi connectivity index (χ1) is 8.61. The van der Waals surface area contributed by atoms with Crippen LogP contribution in [0.25, 0.3) is 0 Å². The van der Waals surface area contributed by atoms with E-state index in [1.54, 1.807) is 0 Å². The molecular formula is C14H17N3O. The lowest BCUT2D eigenvalue weighted by molar-refractivity contribution is -0.122. The Morgan fingerprint density at radius 1 is 1.39 bits per heavy atom. The van der Waals surface area contributed by atoms with Crippen LogP contribution in [-0.4, -0.2) is 20.0 Å². The first-order valence-electron chi connectivity index (χ1n) is 6.09. The molecule has 1 saturated carbocycles. The summed E-state index contributed by atoms with van der Waals surface area (Å²) in [6.45, 7) is 0. The van der Waals surface area contributed by atoms with Crippen molar-refractivity contribution in [2.24, 2.45) is 5.92 Å². The lowest BCUT2D eigenvalue weighted by Gasteiger charge is -2.15. The molecule has 1 aromatic rings. The van der Waals surface area contributed by atoms with E-state index in [2.05, 4.69) is 11.4 Å². The van der Waals surface area contributed by atoms with Gasteiger partial charge in [0.05, 0.1) is 6.07 Å².